The lowest BCUT2D eigenvalue weighted by Crippen LogP contribution is -2.49. The average Bonchev–Trinajstić information content (AvgIpc) is 2.11. The van der Waals surface area contributed by atoms with E-state index in [1.165, 1.54) is 0 Å². The number of carbonyl (C=O) groups is 1. The SMILES string of the molecule is CCC(C#N)(CC)NC(=O)C1CCC1. The fourth-order valence-electron chi connectivity index (χ4n) is 1.62. The quantitative estimate of drug-likeness (QED) is 0.744. The van der Waals surface area contributed by atoms with Crippen LogP contribution in [0.3, 0.4) is 0 Å². The predicted molar refractivity (Wildman–Crippen MR) is 54.4 cm³/mol. The fourth-order valence-corrected chi connectivity index (χ4v) is 1.62. The van der Waals surface area contributed by atoms with Crippen molar-refractivity contribution in [1.82, 2.24) is 5.32 Å². The van der Waals surface area contributed by atoms with Crippen LogP contribution in [-0.2, 0) is 4.79 Å². The van der Waals surface area contributed by atoms with Gasteiger partial charge in [-0.3, -0.25) is 4.79 Å². The molecule has 0 aromatic rings. The summed E-state index contributed by atoms with van der Waals surface area (Å²) in [5.41, 5.74) is -0.632. The molecule has 0 spiro atoms. The van der Waals surface area contributed by atoms with Gasteiger partial charge in [0, 0.05) is 5.92 Å². The first kappa shape index (κ1) is 11.0. The van der Waals surface area contributed by atoms with E-state index in [0.29, 0.717) is 12.8 Å². The fraction of sp³-hybridized carbons (Fsp3) is 0.818. The van der Waals surface area contributed by atoms with E-state index < -0.39 is 5.54 Å². The predicted octanol–water partition coefficient (Wildman–Crippen LogP) is 1.99. The Balaban J connectivity index is 2.55. The van der Waals surface area contributed by atoms with E-state index in [4.69, 9.17) is 5.26 Å². The number of nitriles is 1. The maximum absolute atomic E-state index is 11.7. The molecule has 0 aliphatic heterocycles. The van der Waals surface area contributed by atoms with Gasteiger partial charge in [-0.2, -0.15) is 5.26 Å². The molecule has 1 amide bonds. The zero-order valence-corrected chi connectivity index (χ0v) is 8.97. The summed E-state index contributed by atoms with van der Waals surface area (Å²) < 4.78 is 0. The van der Waals surface area contributed by atoms with Crippen molar-refractivity contribution in [3.63, 3.8) is 0 Å². The molecule has 14 heavy (non-hydrogen) atoms. The summed E-state index contributed by atoms with van der Waals surface area (Å²) in [5, 5.41) is 11.9. The van der Waals surface area contributed by atoms with Crippen molar-refractivity contribution in [3.8, 4) is 6.07 Å². The molecule has 1 N–H and O–H groups in total. The molecule has 1 fully saturated rings. The molecule has 1 aliphatic rings. The summed E-state index contributed by atoms with van der Waals surface area (Å²) >= 11 is 0. The van der Waals surface area contributed by atoms with Crippen molar-refractivity contribution in [2.75, 3.05) is 0 Å². The smallest absolute Gasteiger partial charge is 0.224 e. The van der Waals surface area contributed by atoms with Gasteiger partial charge >= 0.3 is 0 Å². The normalized spacial score (nSPS) is 16.9. The number of hydrogen-bond acceptors (Lipinski definition) is 2. The molecule has 0 atom stereocenters. The second-order valence-electron chi connectivity index (χ2n) is 4.02. The standard InChI is InChI=1S/C11H18N2O/c1-3-11(4-2,8-12)13-10(14)9-6-5-7-9/h9H,3-7H2,1-2H3,(H,13,14). The van der Waals surface area contributed by atoms with Crippen LogP contribution < -0.4 is 5.32 Å². The van der Waals surface area contributed by atoms with Gasteiger partial charge in [0.1, 0.15) is 5.54 Å². The first-order chi connectivity index (χ1) is 6.67. The number of rotatable bonds is 4. The van der Waals surface area contributed by atoms with E-state index in [1.807, 2.05) is 13.8 Å². The summed E-state index contributed by atoms with van der Waals surface area (Å²) in [4.78, 5) is 11.7. The monoisotopic (exact) mass is 194 g/mol. The van der Waals surface area contributed by atoms with Crippen LogP contribution in [0, 0.1) is 17.2 Å². The lowest BCUT2D eigenvalue weighted by Gasteiger charge is -2.31. The number of nitrogens with one attached hydrogen (secondary N) is 1. The highest BCUT2D eigenvalue weighted by molar-refractivity contribution is 5.80. The first-order valence-electron chi connectivity index (χ1n) is 5.40. The highest BCUT2D eigenvalue weighted by atomic mass is 16.2. The first-order valence-corrected chi connectivity index (χ1v) is 5.40. The van der Waals surface area contributed by atoms with Gasteiger partial charge in [-0.1, -0.05) is 20.3 Å². The van der Waals surface area contributed by atoms with Gasteiger partial charge in [-0.25, -0.2) is 0 Å². The third kappa shape index (κ3) is 2.06. The minimum absolute atomic E-state index is 0.0708. The van der Waals surface area contributed by atoms with Gasteiger partial charge in [0.05, 0.1) is 6.07 Å². The van der Waals surface area contributed by atoms with Gasteiger partial charge in [0.25, 0.3) is 0 Å². The molecule has 0 unspecified atom stereocenters. The molecule has 3 nitrogen and oxygen atoms in total. The van der Waals surface area contributed by atoms with Crippen molar-refractivity contribution in [1.29, 1.82) is 5.26 Å². The molecule has 0 bridgehead atoms. The van der Waals surface area contributed by atoms with Gasteiger partial charge in [0.2, 0.25) is 5.91 Å². The van der Waals surface area contributed by atoms with E-state index >= 15 is 0 Å². The average molecular weight is 194 g/mol. The van der Waals surface area contributed by atoms with Gasteiger partial charge in [0.15, 0.2) is 0 Å². The molecule has 1 rings (SSSR count). The zero-order chi connectivity index (χ0) is 10.6. The topological polar surface area (TPSA) is 52.9 Å². The van der Waals surface area contributed by atoms with E-state index in [2.05, 4.69) is 11.4 Å². The zero-order valence-electron chi connectivity index (χ0n) is 8.97. The van der Waals surface area contributed by atoms with E-state index in [9.17, 15) is 4.79 Å². The molecule has 78 valence electrons. The molecular formula is C11H18N2O. The van der Waals surface area contributed by atoms with E-state index in [-0.39, 0.29) is 11.8 Å². The third-order valence-electron chi connectivity index (χ3n) is 3.26. The molecule has 1 saturated carbocycles. The van der Waals surface area contributed by atoms with Gasteiger partial charge in [-0.05, 0) is 25.7 Å². The van der Waals surface area contributed by atoms with Crippen LogP contribution in [0.4, 0.5) is 0 Å². The van der Waals surface area contributed by atoms with Crippen LogP contribution >= 0.6 is 0 Å². The van der Waals surface area contributed by atoms with E-state index in [1.54, 1.807) is 0 Å². The maximum atomic E-state index is 11.7. The number of amides is 1. The maximum Gasteiger partial charge on any atom is 0.224 e. The van der Waals surface area contributed by atoms with E-state index in [0.717, 1.165) is 19.3 Å². The third-order valence-corrected chi connectivity index (χ3v) is 3.26. The Hall–Kier alpha value is -1.04. The van der Waals surface area contributed by atoms with Crippen LogP contribution in [0.25, 0.3) is 0 Å². The van der Waals surface area contributed by atoms with Gasteiger partial charge in [-0.15, -0.1) is 0 Å². The Morgan fingerprint density at radius 2 is 2.07 bits per heavy atom. The van der Waals surface area contributed by atoms with Crippen molar-refractivity contribution >= 4 is 5.91 Å². The largest absolute Gasteiger partial charge is 0.338 e. The van der Waals surface area contributed by atoms with Crippen LogP contribution in [0.2, 0.25) is 0 Å². The molecule has 0 aromatic heterocycles. The molecule has 3 heteroatoms. The summed E-state index contributed by atoms with van der Waals surface area (Å²) in [7, 11) is 0. The Morgan fingerprint density at radius 1 is 1.50 bits per heavy atom. The molecular weight excluding hydrogens is 176 g/mol. The molecule has 0 aromatic carbocycles. The Morgan fingerprint density at radius 3 is 2.36 bits per heavy atom. The van der Waals surface area contributed by atoms with Crippen LogP contribution in [0.1, 0.15) is 46.0 Å². The summed E-state index contributed by atoms with van der Waals surface area (Å²) in [6.45, 7) is 3.88. The lowest BCUT2D eigenvalue weighted by molar-refractivity contribution is -0.128. The van der Waals surface area contributed by atoms with Crippen LogP contribution in [0.15, 0.2) is 0 Å². The van der Waals surface area contributed by atoms with Crippen molar-refractivity contribution in [2.45, 2.75) is 51.5 Å². The number of carbonyl (C=O) groups excluding carboxylic acids is 1. The second kappa shape index (κ2) is 4.45. The lowest BCUT2D eigenvalue weighted by atomic mass is 9.83. The molecule has 0 radical (unpaired) electrons. The Labute approximate surface area is 85.5 Å². The molecule has 0 saturated heterocycles. The Kier molecular flexibility index (Phi) is 3.51. The van der Waals surface area contributed by atoms with Crippen molar-refractivity contribution in [3.05, 3.63) is 0 Å². The summed E-state index contributed by atoms with van der Waals surface area (Å²) in [6.07, 6.45) is 4.48. The van der Waals surface area contributed by atoms with Crippen molar-refractivity contribution in [2.24, 2.45) is 5.92 Å². The second-order valence-corrected chi connectivity index (χ2v) is 4.02. The minimum atomic E-state index is -0.632. The van der Waals surface area contributed by atoms with Crippen LogP contribution in [-0.4, -0.2) is 11.4 Å². The number of nitrogens with zero attached hydrogens (tertiary/aromatic N) is 1. The summed E-state index contributed by atoms with van der Waals surface area (Å²) in [6, 6.07) is 2.22. The Bertz CT molecular complexity index is 247. The van der Waals surface area contributed by atoms with Gasteiger partial charge < -0.3 is 5.32 Å². The van der Waals surface area contributed by atoms with Crippen LogP contribution in [0.5, 0.6) is 0 Å². The molecule has 1 aliphatic carbocycles. The van der Waals surface area contributed by atoms with Crippen molar-refractivity contribution < 1.29 is 4.79 Å². The molecule has 0 heterocycles. The number of hydrogen-bond donors (Lipinski definition) is 1. The minimum Gasteiger partial charge on any atom is -0.338 e. The highest BCUT2D eigenvalue weighted by Gasteiger charge is 2.33. The highest BCUT2D eigenvalue weighted by Crippen LogP contribution is 2.27. The summed E-state index contributed by atoms with van der Waals surface area (Å²) in [5.74, 6) is 0.238.